The maximum Gasteiger partial charge on any atom is 0.00927 e. The minimum Gasteiger partial charge on any atom is -0.327 e. The summed E-state index contributed by atoms with van der Waals surface area (Å²) in [7, 11) is 0. The molecule has 0 aliphatic heterocycles. The molecule has 0 heterocycles. The van der Waals surface area contributed by atoms with Gasteiger partial charge in [0.15, 0.2) is 0 Å². The fourth-order valence-electron chi connectivity index (χ4n) is 1.23. The van der Waals surface area contributed by atoms with Crippen molar-refractivity contribution in [2.75, 3.05) is 0 Å². The van der Waals surface area contributed by atoms with E-state index in [9.17, 15) is 0 Å². The molecule has 3 unspecified atom stereocenters. The Hall–Kier alpha value is -0.0400. The number of hydrogen-bond acceptors (Lipinski definition) is 1. The predicted octanol–water partition coefficient (Wildman–Crippen LogP) is 2.65. The number of rotatable bonds is 4. The van der Waals surface area contributed by atoms with E-state index in [2.05, 4.69) is 34.6 Å². The summed E-state index contributed by atoms with van der Waals surface area (Å²) in [6.07, 6.45) is 1.19. The Morgan fingerprint density at radius 2 is 1.55 bits per heavy atom. The van der Waals surface area contributed by atoms with Gasteiger partial charge in [0.2, 0.25) is 0 Å². The van der Waals surface area contributed by atoms with Crippen LogP contribution in [0.5, 0.6) is 0 Å². The van der Waals surface area contributed by atoms with E-state index < -0.39 is 0 Å². The molecule has 68 valence electrons. The van der Waals surface area contributed by atoms with Gasteiger partial charge < -0.3 is 5.73 Å². The van der Waals surface area contributed by atoms with Gasteiger partial charge in [-0.15, -0.1) is 0 Å². The van der Waals surface area contributed by atoms with Crippen LogP contribution in [0.4, 0.5) is 0 Å². The van der Waals surface area contributed by atoms with Crippen LogP contribution in [0, 0.1) is 17.8 Å². The largest absolute Gasteiger partial charge is 0.327 e. The van der Waals surface area contributed by atoms with E-state index >= 15 is 0 Å². The van der Waals surface area contributed by atoms with E-state index in [0.29, 0.717) is 23.8 Å². The molecule has 0 aromatic carbocycles. The molecule has 0 aromatic heterocycles. The average molecular weight is 157 g/mol. The van der Waals surface area contributed by atoms with E-state index in [1.54, 1.807) is 0 Å². The van der Waals surface area contributed by atoms with Crippen LogP contribution in [-0.2, 0) is 0 Å². The molecule has 0 spiro atoms. The normalized spacial score (nSPS) is 19.9. The first-order valence-corrected chi connectivity index (χ1v) is 4.76. The van der Waals surface area contributed by atoms with Crippen LogP contribution >= 0.6 is 0 Å². The molecule has 0 bridgehead atoms. The maximum atomic E-state index is 6.07. The van der Waals surface area contributed by atoms with Gasteiger partial charge in [-0.25, -0.2) is 0 Å². The summed E-state index contributed by atoms with van der Waals surface area (Å²) < 4.78 is 0. The molecule has 0 aliphatic carbocycles. The fraction of sp³-hybridized carbons (Fsp3) is 1.00. The van der Waals surface area contributed by atoms with Gasteiger partial charge in [0, 0.05) is 6.04 Å². The summed E-state index contributed by atoms with van der Waals surface area (Å²) in [5.41, 5.74) is 6.07. The average Bonchev–Trinajstić information content (AvgIpc) is 2.00. The third-order valence-corrected chi connectivity index (χ3v) is 2.96. The molecule has 2 N–H and O–H groups in total. The first-order valence-electron chi connectivity index (χ1n) is 4.76. The second-order valence-corrected chi connectivity index (χ2v) is 4.07. The molecule has 0 radical (unpaired) electrons. The summed E-state index contributed by atoms with van der Waals surface area (Å²) in [6, 6.07) is 0.375. The van der Waals surface area contributed by atoms with Crippen LogP contribution in [0.15, 0.2) is 0 Å². The second-order valence-electron chi connectivity index (χ2n) is 4.07. The molecular formula is C10H23N. The van der Waals surface area contributed by atoms with E-state index in [4.69, 9.17) is 5.73 Å². The van der Waals surface area contributed by atoms with Crippen LogP contribution in [0.2, 0.25) is 0 Å². The molecule has 0 saturated carbocycles. The smallest absolute Gasteiger partial charge is 0.00927 e. The molecule has 1 nitrogen and oxygen atoms in total. The lowest BCUT2D eigenvalue weighted by molar-refractivity contribution is 0.274. The topological polar surface area (TPSA) is 26.0 Å². The number of hydrogen-bond donors (Lipinski definition) is 1. The van der Waals surface area contributed by atoms with Crippen LogP contribution in [0.25, 0.3) is 0 Å². The van der Waals surface area contributed by atoms with Gasteiger partial charge in [0.05, 0.1) is 0 Å². The highest BCUT2D eigenvalue weighted by Crippen LogP contribution is 2.20. The summed E-state index contributed by atoms with van der Waals surface area (Å²) in [4.78, 5) is 0. The first kappa shape index (κ1) is 11.0. The minimum absolute atomic E-state index is 0.375. The van der Waals surface area contributed by atoms with Gasteiger partial charge in [-0.3, -0.25) is 0 Å². The van der Waals surface area contributed by atoms with Crippen LogP contribution in [-0.4, -0.2) is 6.04 Å². The van der Waals surface area contributed by atoms with E-state index in [0.717, 1.165) is 0 Å². The monoisotopic (exact) mass is 157 g/mol. The Bertz CT molecular complexity index is 99.0. The van der Waals surface area contributed by atoms with Gasteiger partial charge in [0.1, 0.15) is 0 Å². The zero-order valence-electron chi connectivity index (χ0n) is 8.59. The minimum atomic E-state index is 0.375. The van der Waals surface area contributed by atoms with Gasteiger partial charge in [-0.2, -0.15) is 0 Å². The Morgan fingerprint density at radius 3 is 1.82 bits per heavy atom. The lowest BCUT2D eigenvalue weighted by Gasteiger charge is -2.27. The summed E-state index contributed by atoms with van der Waals surface area (Å²) in [5.74, 6) is 2.01. The third-order valence-electron chi connectivity index (χ3n) is 2.96. The Labute approximate surface area is 71.4 Å². The standard InChI is InChI=1S/C10H23N/c1-6-8(4)10(11)9(5)7(2)3/h7-10H,6,11H2,1-5H3. The van der Waals surface area contributed by atoms with Crippen LogP contribution in [0.1, 0.15) is 41.0 Å². The molecule has 0 aromatic rings. The van der Waals surface area contributed by atoms with Crippen molar-refractivity contribution in [3.63, 3.8) is 0 Å². The zero-order chi connectivity index (χ0) is 9.02. The Morgan fingerprint density at radius 1 is 1.09 bits per heavy atom. The van der Waals surface area contributed by atoms with Crippen molar-refractivity contribution in [1.29, 1.82) is 0 Å². The lowest BCUT2D eigenvalue weighted by atomic mass is 9.83. The lowest BCUT2D eigenvalue weighted by Crippen LogP contribution is -2.37. The van der Waals surface area contributed by atoms with Gasteiger partial charge in [-0.1, -0.05) is 41.0 Å². The third kappa shape index (κ3) is 3.24. The molecule has 0 aliphatic rings. The van der Waals surface area contributed by atoms with Crippen molar-refractivity contribution in [3.8, 4) is 0 Å². The molecule has 0 rings (SSSR count). The number of nitrogens with two attached hydrogens (primary N) is 1. The molecule has 1 heteroatoms. The van der Waals surface area contributed by atoms with Crippen molar-refractivity contribution >= 4 is 0 Å². The Kier molecular flexibility index (Phi) is 4.74. The van der Waals surface area contributed by atoms with Crippen LogP contribution in [0.3, 0.4) is 0 Å². The fourth-order valence-corrected chi connectivity index (χ4v) is 1.23. The first-order chi connectivity index (χ1) is 5.00. The molecule has 0 saturated heterocycles. The molecule has 11 heavy (non-hydrogen) atoms. The molecular weight excluding hydrogens is 134 g/mol. The summed E-state index contributed by atoms with van der Waals surface area (Å²) in [6.45, 7) is 11.2. The second kappa shape index (κ2) is 4.76. The van der Waals surface area contributed by atoms with Crippen molar-refractivity contribution in [1.82, 2.24) is 0 Å². The van der Waals surface area contributed by atoms with Crippen molar-refractivity contribution in [3.05, 3.63) is 0 Å². The van der Waals surface area contributed by atoms with E-state index in [1.165, 1.54) is 6.42 Å². The maximum absolute atomic E-state index is 6.07. The van der Waals surface area contributed by atoms with Gasteiger partial charge >= 0.3 is 0 Å². The van der Waals surface area contributed by atoms with Crippen molar-refractivity contribution < 1.29 is 0 Å². The zero-order valence-corrected chi connectivity index (χ0v) is 8.59. The molecule has 3 atom stereocenters. The molecule has 0 fully saturated rings. The quantitative estimate of drug-likeness (QED) is 0.667. The van der Waals surface area contributed by atoms with Gasteiger partial charge in [-0.05, 0) is 17.8 Å². The van der Waals surface area contributed by atoms with Gasteiger partial charge in [0.25, 0.3) is 0 Å². The highest BCUT2D eigenvalue weighted by Gasteiger charge is 2.20. The van der Waals surface area contributed by atoms with E-state index in [-0.39, 0.29) is 0 Å². The van der Waals surface area contributed by atoms with Crippen molar-refractivity contribution in [2.45, 2.75) is 47.1 Å². The highest BCUT2D eigenvalue weighted by molar-refractivity contribution is 4.75. The SMILES string of the molecule is CCC(C)C(N)C(C)C(C)C. The predicted molar refractivity (Wildman–Crippen MR) is 51.4 cm³/mol. The Balaban J connectivity index is 3.90. The van der Waals surface area contributed by atoms with Crippen LogP contribution < -0.4 is 5.73 Å². The summed E-state index contributed by atoms with van der Waals surface area (Å²) >= 11 is 0. The molecule has 0 amide bonds. The van der Waals surface area contributed by atoms with Crippen molar-refractivity contribution in [2.24, 2.45) is 23.5 Å². The summed E-state index contributed by atoms with van der Waals surface area (Å²) in [5, 5.41) is 0. The highest BCUT2D eigenvalue weighted by atomic mass is 14.7. The van der Waals surface area contributed by atoms with E-state index in [1.807, 2.05) is 0 Å².